The lowest BCUT2D eigenvalue weighted by molar-refractivity contribution is -0.122. The highest BCUT2D eigenvalue weighted by Gasteiger charge is 2.16. The van der Waals surface area contributed by atoms with Gasteiger partial charge in [-0.25, -0.2) is 0 Å². The van der Waals surface area contributed by atoms with E-state index < -0.39 is 6.04 Å². The van der Waals surface area contributed by atoms with Gasteiger partial charge in [0.1, 0.15) is 5.75 Å². The number of nitrogens with one attached hydrogen (secondary N) is 2. The number of methoxy groups -OCH3 is 1. The Morgan fingerprint density at radius 1 is 1.16 bits per heavy atom. The van der Waals surface area contributed by atoms with Crippen LogP contribution in [0.4, 0.5) is 0 Å². The molecule has 0 aliphatic heterocycles. The lowest BCUT2D eigenvalue weighted by Gasteiger charge is -2.13. The van der Waals surface area contributed by atoms with Crippen LogP contribution < -0.4 is 15.8 Å². The van der Waals surface area contributed by atoms with Crippen molar-refractivity contribution in [2.75, 3.05) is 13.7 Å². The second kappa shape index (κ2) is 7.85. The van der Waals surface area contributed by atoms with Gasteiger partial charge < -0.3 is 20.8 Å². The number of hydrogen-bond acceptors (Lipinski definition) is 3. The summed E-state index contributed by atoms with van der Waals surface area (Å²) in [5, 5.41) is 4.02. The Kier molecular flexibility index (Phi) is 5.36. The van der Waals surface area contributed by atoms with Gasteiger partial charge in [-0.1, -0.05) is 36.4 Å². The molecule has 1 heterocycles. The Bertz CT molecular complexity index is 857. The van der Waals surface area contributed by atoms with Gasteiger partial charge in [-0.2, -0.15) is 0 Å². The minimum absolute atomic E-state index is 0.139. The summed E-state index contributed by atoms with van der Waals surface area (Å²) in [4.78, 5) is 15.5. The van der Waals surface area contributed by atoms with Crippen molar-refractivity contribution in [1.82, 2.24) is 10.3 Å². The number of ether oxygens (including phenoxy) is 1. The molecule has 0 aliphatic rings. The van der Waals surface area contributed by atoms with Crippen molar-refractivity contribution in [3.63, 3.8) is 0 Å². The summed E-state index contributed by atoms with van der Waals surface area (Å²) in [5.74, 6) is 0.694. The van der Waals surface area contributed by atoms with Gasteiger partial charge in [0.2, 0.25) is 5.91 Å². The van der Waals surface area contributed by atoms with Gasteiger partial charge in [0.25, 0.3) is 0 Å². The normalized spacial score (nSPS) is 12.1. The smallest absolute Gasteiger partial charge is 0.237 e. The molecule has 1 atom stereocenters. The van der Waals surface area contributed by atoms with Crippen molar-refractivity contribution < 1.29 is 9.53 Å². The van der Waals surface area contributed by atoms with E-state index in [4.69, 9.17) is 10.5 Å². The number of aromatic nitrogens is 1. The topological polar surface area (TPSA) is 80.1 Å². The zero-order valence-corrected chi connectivity index (χ0v) is 14.3. The minimum atomic E-state index is -0.572. The number of carbonyl (C=O) groups excluding carboxylic acids is 1. The molecule has 0 radical (unpaired) electrons. The van der Waals surface area contributed by atoms with Crippen molar-refractivity contribution in [3.05, 3.63) is 65.9 Å². The minimum Gasteiger partial charge on any atom is -0.496 e. The summed E-state index contributed by atoms with van der Waals surface area (Å²) >= 11 is 0. The molecule has 0 bridgehead atoms. The number of H-pyrrole nitrogens is 1. The van der Waals surface area contributed by atoms with Gasteiger partial charge in [0.05, 0.1) is 13.2 Å². The summed E-state index contributed by atoms with van der Waals surface area (Å²) in [5.41, 5.74) is 9.26. The Morgan fingerprint density at radius 2 is 1.92 bits per heavy atom. The Morgan fingerprint density at radius 3 is 2.76 bits per heavy atom. The van der Waals surface area contributed by atoms with Crippen molar-refractivity contribution in [3.8, 4) is 5.75 Å². The zero-order chi connectivity index (χ0) is 17.6. The fourth-order valence-corrected chi connectivity index (χ4v) is 2.99. The Hall–Kier alpha value is -2.79. The van der Waals surface area contributed by atoms with Gasteiger partial charge >= 0.3 is 0 Å². The van der Waals surface area contributed by atoms with Crippen LogP contribution in [0.15, 0.2) is 54.7 Å². The van der Waals surface area contributed by atoms with Crippen LogP contribution in [0.3, 0.4) is 0 Å². The van der Waals surface area contributed by atoms with E-state index in [0.717, 1.165) is 27.8 Å². The maximum Gasteiger partial charge on any atom is 0.237 e. The van der Waals surface area contributed by atoms with E-state index in [2.05, 4.69) is 10.3 Å². The molecule has 0 saturated heterocycles. The van der Waals surface area contributed by atoms with Crippen LogP contribution in [0.25, 0.3) is 10.9 Å². The first kappa shape index (κ1) is 17.0. The molecule has 4 N–H and O–H groups in total. The predicted molar refractivity (Wildman–Crippen MR) is 99.7 cm³/mol. The molecule has 0 spiro atoms. The third-order valence-electron chi connectivity index (χ3n) is 4.34. The van der Waals surface area contributed by atoms with Crippen LogP contribution in [-0.4, -0.2) is 30.6 Å². The van der Waals surface area contributed by atoms with Crippen molar-refractivity contribution in [2.24, 2.45) is 5.73 Å². The summed E-state index contributed by atoms with van der Waals surface area (Å²) in [6.07, 6.45) is 3.13. The average Bonchev–Trinajstić information content (AvgIpc) is 3.05. The molecule has 130 valence electrons. The van der Waals surface area contributed by atoms with Crippen molar-refractivity contribution >= 4 is 16.8 Å². The molecule has 1 amide bonds. The summed E-state index contributed by atoms with van der Waals surface area (Å²) in [7, 11) is 1.65. The number of benzene rings is 2. The first-order valence-electron chi connectivity index (χ1n) is 8.39. The highest BCUT2D eigenvalue weighted by atomic mass is 16.5. The second-order valence-corrected chi connectivity index (χ2v) is 6.02. The lowest BCUT2D eigenvalue weighted by Crippen LogP contribution is -2.42. The largest absolute Gasteiger partial charge is 0.496 e. The SMILES string of the molecule is COc1ccccc1CCNC(=O)[C@@H](N)Cc1c[nH]c2ccccc12. The summed E-state index contributed by atoms with van der Waals surface area (Å²) in [6, 6.07) is 15.2. The van der Waals surface area contributed by atoms with Gasteiger partial charge in [0, 0.05) is 23.6 Å². The van der Waals surface area contributed by atoms with E-state index >= 15 is 0 Å². The zero-order valence-electron chi connectivity index (χ0n) is 14.3. The van der Waals surface area contributed by atoms with E-state index in [1.54, 1.807) is 7.11 Å². The number of fused-ring (bicyclic) bond motifs is 1. The van der Waals surface area contributed by atoms with E-state index in [9.17, 15) is 4.79 Å². The lowest BCUT2D eigenvalue weighted by atomic mass is 10.0. The monoisotopic (exact) mass is 337 g/mol. The number of rotatable bonds is 7. The van der Waals surface area contributed by atoms with Crippen molar-refractivity contribution in [2.45, 2.75) is 18.9 Å². The van der Waals surface area contributed by atoms with Crippen LogP contribution in [0.2, 0.25) is 0 Å². The fraction of sp³-hybridized carbons (Fsp3) is 0.250. The van der Waals surface area contributed by atoms with Crippen LogP contribution >= 0.6 is 0 Å². The molecule has 0 unspecified atom stereocenters. The molecule has 25 heavy (non-hydrogen) atoms. The molecular formula is C20H23N3O2. The highest BCUT2D eigenvalue weighted by Crippen LogP contribution is 2.19. The van der Waals surface area contributed by atoms with Crippen LogP contribution in [0.1, 0.15) is 11.1 Å². The molecule has 1 aromatic heterocycles. The molecule has 0 fully saturated rings. The van der Waals surface area contributed by atoms with Gasteiger partial charge in [0.15, 0.2) is 0 Å². The molecule has 2 aromatic carbocycles. The van der Waals surface area contributed by atoms with Gasteiger partial charge in [-0.15, -0.1) is 0 Å². The summed E-state index contributed by atoms with van der Waals surface area (Å²) in [6.45, 7) is 0.529. The highest BCUT2D eigenvalue weighted by molar-refractivity contribution is 5.86. The molecule has 3 aromatic rings. The van der Waals surface area contributed by atoms with Crippen LogP contribution in [0, 0.1) is 0 Å². The average molecular weight is 337 g/mol. The van der Waals surface area contributed by atoms with E-state index in [1.807, 2.05) is 54.7 Å². The Balaban J connectivity index is 1.54. The van der Waals surface area contributed by atoms with Crippen LogP contribution in [0.5, 0.6) is 5.75 Å². The molecule has 5 heteroatoms. The number of amides is 1. The molecule has 5 nitrogen and oxygen atoms in total. The maximum absolute atomic E-state index is 12.3. The third-order valence-corrected chi connectivity index (χ3v) is 4.34. The number of aromatic amines is 1. The maximum atomic E-state index is 12.3. The Labute approximate surface area is 147 Å². The first-order valence-corrected chi connectivity index (χ1v) is 8.39. The summed E-state index contributed by atoms with van der Waals surface area (Å²) < 4.78 is 5.32. The molecule has 0 saturated carbocycles. The fourth-order valence-electron chi connectivity index (χ4n) is 2.99. The number of hydrogen-bond donors (Lipinski definition) is 3. The van der Waals surface area contributed by atoms with E-state index in [-0.39, 0.29) is 5.91 Å². The van der Waals surface area contributed by atoms with Gasteiger partial charge in [-0.3, -0.25) is 4.79 Å². The second-order valence-electron chi connectivity index (χ2n) is 6.02. The number of nitrogens with two attached hydrogens (primary N) is 1. The van der Waals surface area contributed by atoms with E-state index in [1.165, 1.54) is 0 Å². The number of carbonyl (C=O) groups is 1. The quantitative estimate of drug-likeness (QED) is 0.619. The molecule has 3 rings (SSSR count). The third kappa shape index (κ3) is 4.00. The first-order chi connectivity index (χ1) is 12.2. The predicted octanol–water partition coefficient (Wildman–Crippen LogP) is 2.41. The van der Waals surface area contributed by atoms with E-state index in [0.29, 0.717) is 19.4 Å². The molecular weight excluding hydrogens is 314 g/mol. The van der Waals surface area contributed by atoms with Crippen molar-refractivity contribution in [1.29, 1.82) is 0 Å². The molecule has 0 aliphatic carbocycles. The van der Waals surface area contributed by atoms with Gasteiger partial charge in [-0.05, 0) is 36.1 Å². The van der Waals surface area contributed by atoms with Crippen LogP contribution in [-0.2, 0) is 17.6 Å². The standard InChI is InChI=1S/C20H23N3O2/c1-25-19-9-5-2-6-14(19)10-11-22-20(24)17(21)12-15-13-23-18-8-4-3-7-16(15)18/h2-9,13,17,23H,10-12,21H2,1H3,(H,22,24)/t17-/m0/s1. The number of para-hydroxylation sites is 2.